The van der Waals surface area contributed by atoms with Crippen molar-refractivity contribution in [3.63, 3.8) is 0 Å². The van der Waals surface area contributed by atoms with Crippen molar-refractivity contribution in [2.24, 2.45) is 0 Å². The molecular weight excluding hydrogens is 643 g/mol. The molecule has 4 atom stereocenters. The number of carbonyl (C=O) groups excluding carboxylic acids is 3. The van der Waals surface area contributed by atoms with Gasteiger partial charge in [-0.1, -0.05) is 66.4 Å². The van der Waals surface area contributed by atoms with Crippen LogP contribution >= 0.6 is 11.8 Å². The average molecular weight is 680 g/mol. The topological polar surface area (TPSA) is 154 Å². The van der Waals surface area contributed by atoms with E-state index < -0.39 is 41.4 Å². The van der Waals surface area contributed by atoms with Crippen LogP contribution in [-0.4, -0.2) is 105 Å². The quantitative estimate of drug-likeness (QED) is 0.380. The number of alkyl halides is 3. The molecule has 2 saturated heterocycles. The van der Waals surface area contributed by atoms with Gasteiger partial charge in [0.05, 0.1) is 31.1 Å². The molecule has 3 aliphatic heterocycles. The fraction of sp³-hybridized carbons (Fsp3) is 0.469. The summed E-state index contributed by atoms with van der Waals surface area (Å²) in [5.41, 5.74) is 2.78. The van der Waals surface area contributed by atoms with E-state index in [2.05, 4.69) is 5.32 Å². The first-order chi connectivity index (χ1) is 22.3. The van der Waals surface area contributed by atoms with Crippen LogP contribution in [0.3, 0.4) is 0 Å². The highest BCUT2D eigenvalue weighted by Crippen LogP contribution is 2.39. The number of nitrogens with zero attached hydrogens (tertiary/aromatic N) is 2. The minimum absolute atomic E-state index is 0.113. The third kappa shape index (κ3) is 9.78. The molecule has 254 valence electrons. The predicted molar refractivity (Wildman–Crippen MR) is 164 cm³/mol. The van der Waals surface area contributed by atoms with E-state index in [9.17, 15) is 37.5 Å². The Morgan fingerprint density at radius 1 is 0.979 bits per heavy atom. The molecule has 2 aromatic carbocycles. The minimum atomic E-state index is -5.08. The Kier molecular flexibility index (Phi) is 12.4. The van der Waals surface area contributed by atoms with Crippen LogP contribution in [0, 0.1) is 0 Å². The van der Waals surface area contributed by atoms with E-state index in [1.807, 2.05) is 59.5 Å². The number of morpholine rings is 1. The Bertz CT molecular complexity index is 1440. The lowest BCUT2D eigenvalue weighted by molar-refractivity contribution is -0.192. The number of benzene rings is 2. The van der Waals surface area contributed by atoms with Gasteiger partial charge in [-0.05, 0) is 42.4 Å². The van der Waals surface area contributed by atoms with Gasteiger partial charge in [0.2, 0.25) is 16.9 Å². The van der Waals surface area contributed by atoms with E-state index in [0.717, 1.165) is 28.5 Å². The molecule has 15 heteroatoms. The van der Waals surface area contributed by atoms with Gasteiger partial charge in [-0.15, -0.1) is 0 Å². The van der Waals surface area contributed by atoms with Gasteiger partial charge >= 0.3 is 18.1 Å². The minimum Gasteiger partial charge on any atom is -0.480 e. The molecule has 2 amide bonds. The summed E-state index contributed by atoms with van der Waals surface area (Å²) in [6, 6.07) is 15.0. The van der Waals surface area contributed by atoms with Crippen molar-refractivity contribution in [3.05, 3.63) is 71.3 Å². The molecule has 47 heavy (non-hydrogen) atoms. The molecule has 0 unspecified atom stereocenters. The summed E-state index contributed by atoms with van der Waals surface area (Å²) >= 11 is 0.998. The van der Waals surface area contributed by atoms with Crippen LogP contribution in [0.2, 0.25) is 0 Å². The summed E-state index contributed by atoms with van der Waals surface area (Å²) in [6.45, 7) is 2.70. The summed E-state index contributed by atoms with van der Waals surface area (Å²) < 4.78 is 37.1. The van der Waals surface area contributed by atoms with Gasteiger partial charge in [-0.3, -0.25) is 19.3 Å². The number of fused-ring (bicyclic) bond motifs is 3. The van der Waals surface area contributed by atoms with E-state index in [4.69, 9.17) is 14.6 Å². The van der Waals surface area contributed by atoms with Crippen LogP contribution in [0.5, 0.6) is 0 Å². The van der Waals surface area contributed by atoms with E-state index in [1.165, 1.54) is 4.90 Å². The molecule has 3 N–H and O–H groups in total. The summed E-state index contributed by atoms with van der Waals surface area (Å²) in [7, 11) is 0. The molecule has 0 aliphatic carbocycles. The second-order valence-corrected chi connectivity index (χ2v) is 12.6. The molecule has 2 fully saturated rings. The molecule has 0 aromatic heterocycles. The first-order valence-electron chi connectivity index (χ1n) is 15.1. The second-order valence-electron chi connectivity index (χ2n) is 11.4. The number of aliphatic carboxylic acids is 2. The number of rotatable bonds is 8. The van der Waals surface area contributed by atoms with E-state index in [1.54, 1.807) is 0 Å². The predicted octanol–water partition coefficient (Wildman–Crippen LogP) is 3.07. The maximum atomic E-state index is 13.9. The van der Waals surface area contributed by atoms with Crippen molar-refractivity contribution in [1.29, 1.82) is 0 Å². The lowest BCUT2D eigenvalue weighted by Gasteiger charge is -2.40. The third-order valence-corrected chi connectivity index (χ3v) is 9.21. The normalized spacial score (nSPS) is 22.0. The Morgan fingerprint density at radius 2 is 1.62 bits per heavy atom. The van der Waals surface area contributed by atoms with E-state index in [0.29, 0.717) is 52.0 Å². The Balaban J connectivity index is 0.000000644. The molecule has 2 aromatic rings. The number of thioether (sulfide) groups is 1. The van der Waals surface area contributed by atoms with Crippen molar-refractivity contribution >= 4 is 40.6 Å². The molecule has 11 nitrogen and oxygen atoms in total. The van der Waals surface area contributed by atoms with Gasteiger partial charge in [-0.2, -0.15) is 13.2 Å². The molecule has 3 heterocycles. The molecule has 0 bridgehead atoms. The van der Waals surface area contributed by atoms with Crippen LogP contribution in [0.1, 0.15) is 42.0 Å². The smallest absolute Gasteiger partial charge is 0.480 e. The number of carboxylic acid groups (broad SMARTS) is 2. The number of carboxylic acids is 2. The lowest BCUT2D eigenvalue weighted by Crippen LogP contribution is -2.56. The standard InChI is InChI=1S/C30H35N3O6S.C2HF3O2/c34-27(19-32-13-15-39-16-14-32)40-26(17-20-7-2-1-3-8-20)28(35)31-23-18-21-9-4-5-10-22(21)24-11-6-12-25(30(37)38)33(24)29(23)36;3-2(4,5)1(6)7/h1-5,7-10,23-26H,6,11-19H2,(H,31,35)(H,37,38);(H,6,7)/t23-,24+,25-,26-;/m0./s1. The van der Waals surface area contributed by atoms with Crippen LogP contribution in [-0.2, 0) is 41.6 Å². The van der Waals surface area contributed by atoms with Gasteiger partial charge in [0.1, 0.15) is 12.1 Å². The molecule has 0 spiro atoms. The van der Waals surface area contributed by atoms with E-state index in [-0.39, 0.29) is 30.0 Å². The van der Waals surface area contributed by atoms with Crippen LogP contribution in [0.25, 0.3) is 0 Å². The lowest BCUT2D eigenvalue weighted by atomic mass is 9.89. The Hall–Kier alpha value is -3.95. The fourth-order valence-corrected chi connectivity index (χ4v) is 6.94. The van der Waals surface area contributed by atoms with Crippen molar-refractivity contribution < 1.29 is 52.1 Å². The van der Waals surface area contributed by atoms with Crippen molar-refractivity contribution in [2.45, 2.75) is 61.7 Å². The van der Waals surface area contributed by atoms with E-state index >= 15 is 0 Å². The summed E-state index contributed by atoms with van der Waals surface area (Å²) in [5.74, 6) is -4.58. The molecule has 5 rings (SSSR count). The SMILES string of the molecule is O=C(CN1CCOCC1)S[C@@H](Cc1ccccc1)C(=O)N[C@H]1Cc2ccccc2[C@H]2CCC[C@@H](C(=O)O)N2C1=O.O=C(O)C(F)(F)F. The summed E-state index contributed by atoms with van der Waals surface area (Å²) in [5, 5.41) is 19.2. The van der Waals surface area contributed by atoms with Crippen molar-refractivity contribution in [3.8, 4) is 0 Å². The molecule has 0 radical (unpaired) electrons. The van der Waals surface area contributed by atoms with Crippen molar-refractivity contribution in [2.75, 3.05) is 32.8 Å². The number of ether oxygens (including phenoxy) is 1. The zero-order valence-electron chi connectivity index (χ0n) is 25.4. The first kappa shape index (κ1) is 35.9. The van der Waals surface area contributed by atoms with Gasteiger partial charge in [0, 0.05) is 19.5 Å². The zero-order valence-corrected chi connectivity index (χ0v) is 26.2. The number of nitrogens with one attached hydrogen (secondary N) is 1. The number of carbonyl (C=O) groups is 5. The van der Waals surface area contributed by atoms with Crippen LogP contribution in [0.4, 0.5) is 13.2 Å². The zero-order chi connectivity index (χ0) is 34.1. The van der Waals surface area contributed by atoms with Gasteiger partial charge in [0.15, 0.2) is 0 Å². The van der Waals surface area contributed by atoms with Gasteiger partial charge < -0.3 is 25.2 Å². The number of hydrogen-bond acceptors (Lipinski definition) is 8. The maximum absolute atomic E-state index is 13.9. The fourth-order valence-electron chi connectivity index (χ4n) is 5.92. The molecule has 3 aliphatic rings. The average Bonchev–Trinajstić information content (AvgIpc) is 3.15. The first-order valence-corrected chi connectivity index (χ1v) is 16.0. The van der Waals surface area contributed by atoms with Crippen LogP contribution < -0.4 is 5.32 Å². The highest BCUT2D eigenvalue weighted by Gasteiger charge is 2.45. The highest BCUT2D eigenvalue weighted by molar-refractivity contribution is 8.14. The number of amides is 2. The van der Waals surface area contributed by atoms with Gasteiger partial charge in [-0.25, -0.2) is 9.59 Å². The second kappa shape index (κ2) is 16.2. The number of piperidine rings is 1. The monoisotopic (exact) mass is 679 g/mol. The largest absolute Gasteiger partial charge is 0.490 e. The maximum Gasteiger partial charge on any atom is 0.490 e. The summed E-state index contributed by atoms with van der Waals surface area (Å²) in [6.07, 6.45) is -2.73. The molecular formula is C32H36F3N3O8S. The number of halogens is 3. The van der Waals surface area contributed by atoms with Crippen molar-refractivity contribution in [1.82, 2.24) is 15.1 Å². The third-order valence-electron chi connectivity index (χ3n) is 8.15. The summed E-state index contributed by atoms with van der Waals surface area (Å²) in [4.78, 5) is 65.3. The Labute approximate surface area is 273 Å². The van der Waals surface area contributed by atoms with Gasteiger partial charge in [0.25, 0.3) is 0 Å². The van der Waals surface area contributed by atoms with Crippen LogP contribution in [0.15, 0.2) is 54.6 Å². The molecule has 0 saturated carbocycles. The highest BCUT2D eigenvalue weighted by atomic mass is 32.2. The number of hydrogen-bond donors (Lipinski definition) is 3. The Morgan fingerprint density at radius 3 is 2.26 bits per heavy atom.